The number of ether oxygens (including phenoxy) is 3. The number of benzene rings is 3. The zero-order chi connectivity index (χ0) is 24.8. The number of nitrogens with zero attached hydrogens (tertiary/aromatic N) is 2. The standard InChI is InChI=1S/C26H18N2O7/c1-33-23-16-18(15-21-26(30)35-25(27-21)19-5-3-2-4-6-19)9-13-22(23)34-24(29)14-10-17-7-11-20(12-8-17)28(31)32/h2-16H,1H3/b14-10+,21-15-. The number of aliphatic imine (C=N–C) groups is 1. The van der Waals surface area contributed by atoms with Gasteiger partial charge in [-0.25, -0.2) is 14.6 Å². The molecule has 0 saturated carbocycles. The summed E-state index contributed by atoms with van der Waals surface area (Å²) in [5.41, 5.74) is 1.96. The molecule has 0 fully saturated rings. The molecule has 0 unspecified atom stereocenters. The second-order valence-electron chi connectivity index (χ2n) is 7.22. The van der Waals surface area contributed by atoms with Gasteiger partial charge in [0.15, 0.2) is 17.2 Å². The second-order valence-corrected chi connectivity index (χ2v) is 7.22. The summed E-state index contributed by atoms with van der Waals surface area (Å²) in [6.07, 6.45) is 4.22. The number of esters is 2. The Hall–Kier alpha value is -5.05. The highest BCUT2D eigenvalue weighted by Gasteiger charge is 2.24. The SMILES string of the molecule is COc1cc(/C=C2\N=C(c3ccccc3)OC2=O)ccc1OC(=O)/C=C/c1ccc([N+](=O)[O-])cc1. The van der Waals surface area contributed by atoms with Crippen LogP contribution in [-0.2, 0) is 14.3 Å². The van der Waals surface area contributed by atoms with Crippen LogP contribution in [0, 0.1) is 10.1 Å². The number of rotatable bonds is 7. The second kappa shape index (κ2) is 10.3. The number of hydrogen-bond acceptors (Lipinski definition) is 8. The molecule has 1 heterocycles. The van der Waals surface area contributed by atoms with E-state index in [9.17, 15) is 19.7 Å². The molecular weight excluding hydrogens is 452 g/mol. The van der Waals surface area contributed by atoms with E-state index in [1.807, 2.05) is 18.2 Å². The van der Waals surface area contributed by atoms with Crippen molar-refractivity contribution < 1.29 is 28.7 Å². The van der Waals surface area contributed by atoms with Crippen molar-refractivity contribution in [3.63, 3.8) is 0 Å². The average Bonchev–Trinajstić information content (AvgIpc) is 3.24. The lowest BCUT2D eigenvalue weighted by Crippen LogP contribution is -2.05. The zero-order valence-electron chi connectivity index (χ0n) is 18.4. The van der Waals surface area contributed by atoms with Crippen molar-refractivity contribution in [1.82, 2.24) is 0 Å². The molecule has 0 aromatic heterocycles. The fraction of sp³-hybridized carbons (Fsp3) is 0.0385. The van der Waals surface area contributed by atoms with Crippen molar-refractivity contribution in [3.05, 3.63) is 111 Å². The van der Waals surface area contributed by atoms with E-state index in [-0.39, 0.29) is 28.8 Å². The van der Waals surface area contributed by atoms with Crippen molar-refractivity contribution in [3.8, 4) is 11.5 Å². The number of methoxy groups -OCH3 is 1. The van der Waals surface area contributed by atoms with E-state index in [2.05, 4.69) is 4.99 Å². The van der Waals surface area contributed by atoms with Crippen LogP contribution in [0.3, 0.4) is 0 Å². The van der Waals surface area contributed by atoms with Gasteiger partial charge in [0.1, 0.15) is 0 Å². The van der Waals surface area contributed by atoms with Crippen LogP contribution in [0.4, 0.5) is 5.69 Å². The van der Waals surface area contributed by atoms with E-state index in [1.54, 1.807) is 30.3 Å². The van der Waals surface area contributed by atoms with Gasteiger partial charge >= 0.3 is 11.9 Å². The number of nitro benzene ring substituents is 1. The first kappa shape index (κ1) is 23.1. The molecule has 1 aliphatic heterocycles. The van der Waals surface area contributed by atoms with Crippen LogP contribution >= 0.6 is 0 Å². The van der Waals surface area contributed by atoms with Crippen LogP contribution in [0.1, 0.15) is 16.7 Å². The van der Waals surface area contributed by atoms with E-state index in [0.29, 0.717) is 16.7 Å². The molecule has 0 atom stereocenters. The summed E-state index contributed by atoms with van der Waals surface area (Å²) in [7, 11) is 1.42. The van der Waals surface area contributed by atoms with Gasteiger partial charge in [-0.15, -0.1) is 0 Å². The van der Waals surface area contributed by atoms with E-state index in [0.717, 1.165) is 0 Å². The molecule has 0 N–H and O–H groups in total. The summed E-state index contributed by atoms with van der Waals surface area (Å²) < 4.78 is 15.9. The predicted molar refractivity (Wildman–Crippen MR) is 128 cm³/mol. The van der Waals surface area contributed by atoms with Gasteiger partial charge in [0.05, 0.1) is 12.0 Å². The van der Waals surface area contributed by atoms with Gasteiger partial charge < -0.3 is 14.2 Å². The van der Waals surface area contributed by atoms with Crippen LogP contribution in [0.25, 0.3) is 12.2 Å². The molecule has 174 valence electrons. The molecule has 4 rings (SSSR count). The van der Waals surface area contributed by atoms with Crippen molar-refractivity contribution in [2.45, 2.75) is 0 Å². The normalized spacial score (nSPS) is 14.0. The van der Waals surface area contributed by atoms with E-state index in [4.69, 9.17) is 14.2 Å². The minimum Gasteiger partial charge on any atom is -0.493 e. The van der Waals surface area contributed by atoms with Gasteiger partial charge in [-0.05, 0) is 59.7 Å². The van der Waals surface area contributed by atoms with Gasteiger partial charge in [-0.3, -0.25) is 10.1 Å². The molecule has 0 saturated heterocycles. The monoisotopic (exact) mass is 470 g/mol. The molecule has 0 radical (unpaired) electrons. The molecule has 35 heavy (non-hydrogen) atoms. The van der Waals surface area contributed by atoms with Gasteiger partial charge in [0, 0.05) is 23.8 Å². The Kier molecular flexibility index (Phi) is 6.78. The first-order valence-electron chi connectivity index (χ1n) is 10.3. The van der Waals surface area contributed by atoms with Gasteiger partial charge in [-0.1, -0.05) is 24.3 Å². The summed E-state index contributed by atoms with van der Waals surface area (Å²) in [5, 5.41) is 10.7. The number of carbonyl (C=O) groups is 2. The molecule has 0 amide bonds. The number of hydrogen-bond donors (Lipinski definition) is 0. The quantitative estimate of drug-likeness (QED) is 0.163. The smallest absolute Gasteiger partial charge is 0.363 e. The first-order chi connectivity index (χ1) is 16.9. The highest BCUT2D eigenvalue weighted by Crippen LogP contribution is 2.30. The Labute approximate surface area is 199 Å². The Bertz CT molecular complexity index is 1370. The first-order valence-corrected chi connectivity index (χ1v) is 10.3. The molecular formula is C26H18N2O7. The van der Waals surface area contributed by atoms with Crippen LogP contribution in [0.15, 0.2) is 89.6 Å². The van der Waals surface area contributed by atoms with E-state index in [1.165, 1.54) is 49.6 Å². The summed E-state index contributed by atoms with van der Waals surface area (Å²) in [4.78, 5) is 38.9. The summed E-state index contributed by atoms with van der Waals surface area (Å²) in [6, 6.07) is 19.6. The Balaban J connectivity index is 1.47. The van der Waals surface area contributed by atoms with Gasteiger partial charge in [0.2, 0.25) is 5.90 Å². The lowest BCUT2D eigenvalue weighted by Gasteiger charge is -2.08. The lowest BCUT2D eigenvalue weighted by molar-refractivity contribution is -0.384. The summed E-state index contributed by atoms with van der Waals surface area (Å²) in [5.74, 6) is -0.566. The van der Waals surface area contributed by atoms with Crippen LogP contribution in [-0.4, -0.2) is 29.9 Å². The highest BCUT2D eigenvalue weighted by molar-refractivity contribution is 6.12. The molecule has 3 aromatic rings. The minimum atomic E-state index is -0.663. The summed E-state index contributed by atoms with van der Waals surface area (Å²) in [6.45, 7) is 0. The average molecular weight is 470 g/mol. The number of cyclic esters (lactones) is 1. The molecule has 9 heteroatoms. The van der Waals surface area contributed by atoms with Crippen LogP contribution in [0.5, 0.6) is 11.5 Å². The van der Waals surface area contributed by atoms with Crippen molar-refractivity contribution in [1.29, 1.82) is 0 Å². The Morgan fingerprint density at radius 1 is 1.00 bits per heavy atom. The maximum Gasteiger partial charge on any atom is 0.363 e. The number of carbonyl (C=O) groups excluding carboxylic acids is 2. The predicted octanol–water partition coefficient (Wildman–Crippen LogP) is 4.57. The van der Waals surface area contributed by atoms with E-state index >= 15 is 0 Å². The van der Waals surface area contributed by atoms with Crippen molar-refractivity contribution in [2.24, 2.45) is 4.99 Å². The third-order valence-electron chi connectivity index (χ3n) is 4.86. The molecule has 0 aliphatic carbocycles. The minimum absolute atomic E-state index is 0.0441. The molecule has 0 spiro atoms. The molecule has 3 aromatic carbocycles. The Morgan fingerprint density at radius 3 is 2.40 bits per heavy atom. The zero-order valence-corrected chi connectivity index (χ0v) is 18.4. The van der Waals surface area contributed by atoms with Crippen LogP contribution in [0.2, 0.25) is 0 Å². The third-order valence-corrected chi connectivity index (χ3v) is 4.86. The fourth-order valence-electron chi connectivity index (χ4n) is 3.14. The third kappa shape index (κ3) is 5.66. The van der Waals surface area contributed by atoms with Crippen molar-refractivity contribution in [2.75, 3.05) is 7.11 Å². The molecule has 0 bridgehead atoms. The topological polar surface area (TPSA) is 117 Å². The maximum absolute atomic E-state index is 12.2. The largest absolute Gasteiger partial charge is 0.493 e. The van der Waals surface area contributed by atoms with E-state index < -0.39 is 16.9 Å². The fourth-order valence-corrected chi connectivity index (χ4v) is 3.14. The Morgan fingerprint density at radius 2 is 1.71 bits per heavy atom. The highest BCUT2D eigenvalue weighted by atomic mass is 16.6. The van der Waals surface area contributed by atoms with Gasteiger partial charge in [-0.2, -0.15) is 0 Å². The van der Waals surface area contributed by atoms with Crippen LogP contribution < -0.4 is 9.47 Å². The maximum atomic E-state index is 12.2. The molecule has 1 aliphatic rings. The summed E-state index contributed by atoms with van der Waals surface area (Å²) >= 11 is 0. The number of nitro groups is 1. The lowest BCUT2D eigenvalue weighted by atomic mass is 10.1. The molecule has 9 nitrogen and oxygen atoms in total. The number of non-ortho nitro benzene ring substituents is 1. The van der Waals surface area contributed by atoms with Crippen molar-refractivity contribution >= 4 is 35.7 Å². The van der Waals surface area contributed by atoms with Gasteiger partial charge in [0.25, 0.3) is 5.69 Å².